The monoisotopic (exact) mass is 500 g/mol. The lowest BCUT2D eigenvalue weighted by atomic mass is 10.1. The van der Waals surface area contributed by atoms with E-state index in [1.54, 1.807) is 0 Å². The van der Waals surface area contributed by atoms with Crippen LogP contribution < -0.4 is 24.9 Å². The lowest BCUT2D eigenvalue weighted by Gasteiger charge is -2.37. The molecule has 1 amide bonds. The number of ether oxygens (including phenoxy) is 1. The molecule has 2 rings (SSSR count). The van der Waals surface area contributed by atoms with Gasteiger partial charge in [0.05, 0.1) is 20.5 Å². The second-order valence-corrected chi connectivity index (χ2v) is 10.2. The summed E-state index contributed by atoms with van der Waals surface area (Å²) < 4.78 is 49.2. The fourth-order valence-electron chi connectivity index (χ4n) is 2.50. The molecule has 2 N–H and O–H groups in total. The maximum atomic E-state index is 11.8. The Morgan fingerprint density at radius 1 is 1.29 bits per heavy atom. The Balaban J connectivity index is 2.02. The van der Waals surface area contributed by atoms with Gasteiger partial charge >= 0.3 is 0 Å². The Labute approximate surface area is 175 Å². The van der Waals surface area contributed by atoms with Crippen LogP contribution >= 0.6 is 23.5 Å². The van der Waals surface area contributed by atoms with E-state index in [1.165, 1.54) is 18.0 Å². The lowest BCUT2D eigenvalue weighted by molar-refractivity contribution is -0.339. The van der Waals surface area contributed by atoms with Crippen LogP contribution in [-0.2, 0) is 36.4 Å². The van der Waals surface area contributed by atoms with Gasteiger partial charge in [-0.2, -0.15) is 0 Å². The van der Waals surface area contributed by atoms with E-state index in [-0.39, 0.29) is 17.8 Å². The summed E-state index contributed by atoms with van der Waals surface area (Å²) in [5.74, 6) is 4.68. The number of hydrogen-bond donors (Lipinski definition) is 2. The molecule has 18 heteroatoms. The topological polar surface area (TPSA) is 233 Å². The van der Waals surface area contributed by atoms with Crippen LogP contribution in [0.1, 0.15) is 13.3 Å². The Morgan fingerprint density at radius 3 is 2.52 bits per heavy atom. The van der Waals surface area contributed by atoms with Gasteiger partial charge in [0.1, 0.15) is 23.7 Å². The van der Waals surface area contributed by atoms with Crippen LogP contribution in [0.3, 0.4) is 0 Å². The predicted molar refractivity (Wildman–Crippen MR) is 90.9 cm³/mol. The minimum atomic E-state index is -6.11. The highest BCUT2D eigenvalue weighted by atomic mass is 31.3. The number of nitrogens with zero attached hydrogens (tertiary/aromatic N) is 1. The van der Waals surface area contributed by atoms with Crippen LogP contribution in [0.25, 0.3) is 0 Å². The zero-order valence-corrected chi connectivity index (χ0v) is 18.2. The largest absolute Gasteiger partial charge is 0.790 e. The molecule has 0 bridgehead atoms. The Bertz CT molecular complexity index is 979. The highest BCUT2D eigenvalue weighted by molar-refractivity contribution is 7.64. The molecule has 5 unspecified atom stereocenters. The van der Waals surface area contributed by atoms with Crippen molar-refractivity contribution >= 4 is 29.4 Å². The molecule has 2 aliphatic heterocycles. The molecule has 0 aliphatic carbocycles. The molecule has 0 spiro atoms. The summed E-state index contributed by atoms with van der Waals surface area (Å²) in [6.07, 6.45) is -2.33. The first-order valence-corrected chi connectivity index (χ1v) is 12.5. The van der Waals surface area contributed by atoms with Gasteiger partial charge in [0.2, 0.25) is 0 Å². The quantitative estimate of drug-likeness (QED) is 0.251. The number of phosphoric ester groups is 1. The predicted octanol–water partition coefficient (Wildman–Crippen LogP) is -2.91. The minimum Gasteiger partial charge on any atom is -0.790 e. The number of hydrogen-bond acceptors (Lipinski definition) is 14. The number of carbonyl (C=O) groups is 1. The second kappa shape index (κ2) is 9.64. The average molecular weight is 500 g/mol. The van der Waals surface area contributed by atoms with E-state index in [4.69, 9.17) is 4.74 Å². The zero-order chi connectivity index (χ0) is 23.6. The van der Waals surface area contributed by atoms with Gasteiger partial charge in [-0.15, -0.1) is 5.92 Å². The Morgan fingerprint density at radius 2 is 1.94 bits per heavy atom. The fraction of sp³-hybridized carbons (Fsp3) is 0.462. The third-order valence-corrected chi connectivity index (χ3v) is 7.32. The molecule has 1 fully saturated rings. The van der Waals surface area contributed by atoms with Gasteiger partial charge in [-0.3, -0.25) is 18.2 Å². The van der Waals surface area contributed by atoms with Crippen molar-refractivity contribution in [3.8, 4) is 11.8 Å². The van der Waals surface area contributed by atoms with E-state index < -0.39 is 54.4 Å². The highest BCUT2D eigenvalue weighted by Crippen LogP contribution is 2.60. The number of rotatable bonds is 8. The van der Waals surface area contributed by atoms with Crippen molar-refractivity contribution in [2.75, 3.05) is 6.61 Å². The van der Waals surface area contributed by atoms with E-state index >= 15 is 0 Å². The third-order valence-electron chi connectivity index (χ3n) is 3.65. The molecule has 1 saturated heterocycles. The third kappa shape index (κ3) is 7.62. The van der Waals surface area contributed by atoms with Crippen LogP contribution in [0.4, 0.5) is 0 Å². The molecule has 2 aliphatic rings. The van der Waals surface area contributed by atoms with Crippen molar-refractivity contribution in [3.63, 3.8) is 0 Å². The number of aliphatic hydroxyl groups is 1. The fourth-order valence-corrected chi connectivity index (χ4v) is 5.37. The van der Waals surface area contributed by atoms with E-state index in [1.807, 2.05) is 0 Å². The number of aliphatic hydroxyl groups excluding tert-OH is 1. The Hall–Kier alpha value is -1.36. The van der Waals surface area contributed by atoms with Gasteiger partial charge in [0, 0.05) is 12.6 Å². The van der Waals surface area contributed by atoms with Crippen molar-refractivity contribution in [2.24, 2.45) is 0 Å². The van der Waals surface area contributed by atoms with E-state index in [9.17, 15) is 43.2 Å². The van der Waals surface area contributed by atoms with Gasteiger partial charge < -0.3 is 48.7 Å². The minimum absolute atomic E-state index is 0.0744. The number of phosphoric acid groups is 3. The first-order chi connectivity index (χ1) is 14.1. The van der Waals surface area contributed by atoms with Gasteiger partial charge in [-0.05, 0) is 6.92 Å². The normalized spacial score (nSPS) is 28.1. The van der Waals surface area contributed by atoms with Gasteiger partial charge in [0.15, 0.2) is 0 Å². The summed E-state index contributed by atoms with van der Waals surface area (Å²) in [4.78, 5) is 56.5. The molecule has 0 aromatic heterocycles. The smallest absolute Gasteiger partial charge is 0.278 e. The number of nitrogens with one attached hydrogen (secondary N) is 1. The standard InChI is InChI=1S/C13H19N2O13P3/c1-3-4-9-6-15(8(2)14-13(9)17)12-5-10(16)11(26-12)7-25-30(21,22)28-31(23,24)27-29(18,19)20/h6,10-12,16H,2,5,7H2,1H3,(H,14,17)(H,21,22)(H,23,24)(H2,18,19,20)/p-4. The first-order valence-electron chi connectivity index (χ1n) is 8.10. The molecule has 0 radical (unpaired) electrons. The van der Waals surface area contributed by atoms with Gasteiger partial charge in [-0.25, -0.2) is 4.31 Å². The van der Waals surface area contributed by atoms with Crippen LogP contribution in [0.2, 0.25) is 0 Å². The molecule has 0 aromatic carbocycles. The summed E-state index contributed by atoms with van der Waals surface area (Å²) in [7, 11) is -17.9. The first kappa shape index (κ1) is 25.9. The van der Waals surface area contributed by atoms with Gasteiger partial charge in [-0.1, -0.05) is 12.5 Å². The van der Waals surface area contributed by atoms with E-state index in [0.29, 0.717) is 0 Å². The Kier molecular flexibility index (Phi) is 8.05. The number of amides is 1. The molecule has 174 valence electrons. The van der Waals surface area contributed by atoms with Gasteiger partial charge in [0.25, 0.3) is 21.6 Å². The molecule has 5 atom stereocenters. The SMILES string of the molecule is C=C1NC(=O)C(C#CC)=CN1C1CC(O)C(COP(=O)([O-])OP(=O)([O-])OP(=O)([O-])[O-])O1. The summed E-state index contributed by atoms with van der Waals surface area (Å²) in [5, 5.41) is 12.5. The van der Waals surface area contributed by atoms with Crippen molar-refractivity contribution in [1.82, 2.24) is 10.2 Å². The number of carbonyl (C=O) groups excluding carboxylic acids is 1. The molecule has 31 heavy (non-hydrogen) atoms. The second-order valence-electron chi connectivity index (χ2n) is 5.96. The molecular formula is C13H15N2O13P3-4. The summed E-state index contributed by atoms with van der Waals surface area (Å²) >= 11 is 0. The van der Waals surface area contributed by atoms with Crippen LogP contribution in [0, 0.1) is 11.8 Å². The summed E-state index contributed by atoms with van der Waals surface area (Å²) in [6.45, 7) is 4.20. The maximum Gasteiger partial charge on any atom is 0.278 e. The van der Waals surface area contributed by atoms with Crippen molar-refractivity contribution in [3.05, 3.63) is 24.2 Å². The molecule has 0 saturated carbocycles. The molecule has 0 aromatic rings. The molecule has 2 heterocycles. The maximum absolute atomic E-state index is 11.8. The van der Waals surface area contributed by atoms with Crippen LogP contribution in [0.5, 0.6) is 0 Å². The van der Waals surface area contributed by atoms with E-state index in [0.717, 1.165) is 0 Å². The zero-order valence-electron chi connectivity index (χ0n) is 15.6. The van der Waals surface area contributed by atoms with E-state index in [2.05, 4.69) is 36.9 Å². The lowest BCUT2D eigenvalue weighted by Crippen LogP contribution is -2.43. The average Bonchev–Trinajstić information content (AvgIpc) is 2.93. The van der Waals surface area contributed by atoms with Crippen molar-refractivity contribution in [2.45, 2.75) is 31.8 Å². The van der Waals surface area contributed by atoms with Crippen molar-refractivity contribution < 1.29 is 61.1 Å². The van der Waals surface area contributed by atoms with Crippen LogP contribution in [0.15, 0.2) is 24.2 Å². The summed E-state index contributed by atoms with van der Waals surface area (Å²) in [6, 6.07) is 0. The van der Waals surface area contributed by atoms with Crippen LogP contribution in [-0.4, -0.2) is 41.0 Å². The molecule has 15 nitrogen and oxygen atoms in total. The molecular weight excluding hydrogens is 485 g/mol. The van der Waals surface area contributed by atoms with Crippen molar-refractivity contribution in [1.29, 1.82) is 0 Å². The summed E-state index contributed by atoms with van der Waals surface area (Å²) in [5.41, 5.74) is 0.0744. The highest BCUT2D eigenvalue weighted by Gasteiger charge is 2.39.